The highest BCUT2D eigenvalue weighted by Crippen LogP contribution is 2.35. The number of benzene rings is 2. The predicted octanol–water partition coefficient (Wildman–Crippen LogP) is 5.37. The van der Waals surface area contributed by atoms with Gasteiger partial charge in [-0.3, -0.25) is 4.99 Å². The largest absolute Gasteiger partial charge is 0.494 e. The van der Waals surface area contributed by atoms with E-state index in [1.165, 1.54) is 5.56 Å². The SMILES string of the molecule is CCOc1ccc(NC(=O)N2CCC3(CC2)N=C(SCC)C(c2ccc(C)cc2)=N3)cc1. The summed E-state index contributed by atoms with van der Waals surface area (Å²) >= 11 is 1.74. The minimum atomic E-state index is -0.451. The van der Waals surface area contributed by atoms with Crippen LogP contribution in [-0.2, 0) is 0 Å². The quantitative estimate of drug-likeness (QED) is 0.666. The van der Waals surface area contributed by atoms with E-state index in [1.54, 1.807) is 11.8 Å². The zero-order chi connectivity index (χ0) is 22.6. The van der Waals surface area contributed by atoms with E-state index in [-0.39, 0.29) is 6.03 Å². The highest BCUT2D eigenvalue weighted by molar-refractivity contribution is 8.15. The molecule has 2 aromatic rings. The lowest BCUT2D eigenvalue weighted by molar-refractivity contribution is 0.175. The molecular weight excluding hydrogens is 420 g/mol. The molecule has 4 rings (SSSR count). The lowest BCUT2D eigenvalue weighted by Gasteiger charge is -2.35. The van der Waals surface area contributed by atoms with Crippen molar-refractivity contribution in [1.29, 1.82) is 0 Å². The number of nitrogens with zero attached hydrogens (tertiary/aromatic N) is 3. The second-order valence-electron chi connectivity index (χ2n) is 8.03. The highest BCUT2D eigenvalue weighted by atomic mass is 32.2. The molecule has 2 aromatic carbocycles. The number of aryl methyl sites for hydroxylation is 1. The number of hydrogen-bond acceptors (Lipinski definition) is 5. The van der Waals surface area contributed by atoms with Crippen LogP contribution in [0.4, 0.5) is 10.5 Å². The van der Waals surface area contributed by atoms with Crippen LogP contribution >= 0.6 is 11.8 Å². The minimum absolute atomic E-state index is 0.0862. The highest BCUT2D eigenvalue weighted by Gasteiger charge is 2.40. The minimum Gasteiger partial charge on any atom is -0.494 e. The van der Waals surface area contributed by atoms with Crippen LogP contribution in [0.25, 0.3) is 0 Å². The first-order valence-corrected chi connectivity index (χ1v) is 12.2. The molecule has 0 aliphatic carbocycles. The normalized spacial score (nSPS) is 17.2. The number of amides is 2. The van der Waals surface area contributed by atoms with Crippen molar-refractivity contribution < 1.29 is 9.53 Å². The fraction of sp³-hybridized carbons (Fsp3) is 0.400. The van der Waals surface area contributed by atoms with Crippen LogP contribution in [0.5, 0.6) is 5.75 Å². The van der Waals surface area contributed by atoms with Gasteiger partial charge in [0, 0.05) is 37.2 Å². The molecule has 0 bridgehead atoms. The summed E-state index contributed by atoms with van der Waals surface area (Å²) in [5, 5.41) is 4.00. The van der Waals surface area contributed by atoms with Gasteiger partial charge in [0.1, 0.15) is 10.8 Å². The first kappa shape index (κ1) is 22.4. The molecule has 1 spiro atoms. The zero-order valence-electron chi connectivity index (χ0n) is 18.9. The van der Waals surface area contributed by atoms with E-state index < -0.39 is 5.66 Å². The summed E-state index contributed by atoms with van der Waals surface area (Å²) in [7, 11) is 0. The maximum atomic E-state index is 12.8. The van der Waals surface area contributed by atoms with E-state index in [1.807, 2.05) is 36.1 Å². The van der Waals surface area contributed by atoms with Crippen LogP contribution in [0, 0.1) is 6.92 Å². The summed E-state index contributed by atoms with van der Waals surface area (Å²) in [6.07, 6.45) is 1.46. The van der Waals surface area contributed by atoms with Crippen LogP contribution in [-0.4, -0.2) is 52.8 Å². The van der Waals surface area contributed by atoms with Gasteiger partial charge in [0.25, 0.3) is 0 Å². The van der Waals surface area contributed by atoms with Gasteiger partial charge < -0.3 is 15.0 Å². The number of carbonyl (C=O) groups excluding carboxylic acids is 1. The first-order chi connectivity index (χ1) is 15.5. The summed E-state index contributed by atoms with van der Waals surface area (Å²) in [5.41, 5.74) is 3.65. The van der Waals surface area contributed by atoms with Crippen molar-refractivity contribution in [1.82, 2.24) is 4.90 Å². The average Bonchev–Trinajstić information content (AvgIpc) is 3.14. The molecule has 0 unspecified atom stereocenters. The molecule has 1 N–H and O–H groups in total. The van der Waals surface area contributed by atoms with Gasteiger partial charge in [0.05, 0.1) is 12.3 Å². The molecule has 32 heavy (non-hydrogen) atoms. The predicted molar refractivity (Wildman–Crippen MR) is 133 cm³/mol. The standard InChI is InChI=1S/C25H30N4O2S/c1-4-31-21-12-10-20(11-13-21)26-24(30)29-16-14-25(15-17-29)27-22(23(28-25)32-5-2)19-8-6-18(3)7-9-19/h6-13H,4-5,14-17H2,1-3H3,(H,26,30). The number of piperidine rings is 1. The van der Waals surface area contributed by atoms with E-state index in [2.05, 4.69) is 43.4 Å². The second kappa shape index (κ2) is 9.77. The molecule has 2 amide bonds. The number of aliphatic imine (C=N–C) groups is 2. The number of urea groups is 1. The van der Waals surface area contributed by atoms with Crippen molar-refractivity contribution in [2.24, 2.45) is 9.98 Å². The summed E-state index contributed by atoms with van der Waals surface area (Å²) in [6, 6.07) is 15.9. The summed E-state index contributed by atoms with van der Waals surface area (Å²) in [5.74, 6) is 1.75. The molecule has 0 aromatic heterocycles. The molecule has 2 heterocycles. The fourth-order valence-corrected chi connectivity index (χ4v) is 4.76. The number of rotatable bonds is 5. The Morgan fingerprint density at radius 1 is 1.06 bits per heavy atom. The van der Waals surface area contributed by atoms with Crippen molar-refractivity contribution >= 4 is 34.2 Å². The smallest absolute Gasteiger partial charge is 0.321 e. The lowest BCUT2D eigenvalue weighted by atomic mass is 9.98. The molecule has 0 atom stereocenters. The molecule has 0 saturated carbocycles. The Morgan fingerprint density at radius 2 is 1.75 bits per heavy atom. The van der Waals surface area contributed by atoms with E-state index in [9.17, 15) is 4.79 Å². The van der Waals surface area contributed by atoms with Crippen molar-refractivity contribution in [3.63, 3.8) is 0 Å². The van der Waals surface area contributed by atoms with Crippen LogP contribution in [0.3, 0.4) is 0 Å². The Kier molecular flexibility index (Phi) is 6.84. The Balaban J connectivity index is 1.42. The van der Waals surface area contributed by atoms with Crippen molar-refractivity contribution in [3.05, 3.63) is 59.7 Å². The molecule has 168 valence electrons. The van der Waals surface area contributed by atoms with Crippen LogP contribution < -0.4 is 10.1 Å². The van der Waals surface area contributed by atoms with Crippen molar-refractivity contribution in [3.8, 4) is 5.75 Å². The number of hydrogen-bond donors (Lipinski definition) is 1. The second-order valence-corrected chi connectivity index (χ2v) is 9.29. The first-order valence-electron chi connectivity index (χ1n) is 11.2. The molecule has 6 nitrogen and oxygen atoms in total. The third-order valence-corrected chi connectivity index (χ3v) is 6.55. The van der Waals surface area contributed by atoms with Crippen molar-refractivity contribution in [2.75, 3.05) is 30.8 Å². The van der Waals surface area contributed by atoms with Crippen molar-refractivity contribution in [2.45, 2.75) is 39.3 Å². The van der Waals surface area contributed by atoms with Crippen LogP contribution in [0.2, 0.25) is 0 Å². The van der Waals surface area contributed by atoms with E-state index >= 15 is 0 Å². The van der Waals surface area contributed by atoms with Gasteiger partial charge in [0.15, 0.2) is 5.66 Å². The van der Waals surface area contributed by atoms with Gasteiger partial charge in [-0.25, -0.2) is 9.79 Å². The third-order valence-electron chi connectivity index (χ3n) is 5.71. The Bertz CT molecular complexity index is 1010. The summed E-state index contributed by atoms with van der Waals surface area (Å²) in [4.78, 5) is 24.8. The molecule has 7 heteroatoms. The molecule has 1 fully saturated rings. The number of ether oxygens (including phenoxy) is 1. The summed E-state index contributed by atoms with van der Waals surface area (Å²) < 4.78 is 5.46. The Hall–Kier alpha value is -2.80. The van der Waals surface area contributed by atoms with Gasteiger partial charge in [0.2, 0.25) is 0 Å². The molecule has 0 radical (unpaired) electrons. The maximum Gasteiger partial charge on any atom is 0.321 e. The third kappa shape index (κ3) is 4.99. The van der Waals surface area contributed by atoms with Gasteiger partial charge in [-0.1, -0.05) is 36.8 Å². The number of anilines is 1. The molecule has 2 aliphatic rings. The zero-order valence-corrected chi connectivity index (χ0v) is 19.7. The van der Waals surface area contributed by atoms with E-state index in [0.29, 0.717) is 19.7 Å². The Morgan fingerprint density at radius 3 is 2.38 bits per heavy atom. The number of likely N-dealkylation sites (tertiary alicyclic amines) is 1. The number of nitrogens with one attached hydrogen (secondary N) is 1. The molecular formula is C25H30N4O2S. The monoisotopic (exact) mass is 450 g/mol. The summed E-state index contributed by atoms with van der Waals surface area (Å²) in [6.45, 7) is 8.05. The molecule has 2 aliphatic heterocycles. The maximum absolute atomic E-state index is 12.8. The van der Waals surface area contributed by atoms with Gasteiger partial charge in [-0.15, -0.1) is 11.8 Å². The Labute approximate surface area is 194 Å². The van der Waals surface area contributed by atoms with Crippen LogP contribution in [0.15, 0.2) is 58.5 Å². The fourth-order valence-electron chi connectivity index (χ4n) is 3.95. The van der Waals surface area contributed by atoms with E-state index in [4.69, 9.17) is 14.7 Å². The van der Waals surface area contributed by atoms with E-state index in [0.717, 1.165) is 46.4 Å². The lowest BCUT2D eigenvalue weighted by Crippen LogP contribution is -2.46. The van der Waals surface area contributed by atoms with Gasteiger partial charge >= 0.3 is 6.03 Å². The van der Waals surface area contributed by atoms with Gasteiger partial charge in [-0.05, 0) is 43.9 Å². The molecule has 1 saturated heterocycles. The topological polar surface area (TPSA) is 66.3 Å². The average molecular weight is 451 g/mol. The van der Waals surface area contributed by atoms with Gasteiger partial charge in [-0.2, -0.15) is 0 Å². The number of thioether (sulfide) groups is 1. The number of carbonyl (C=O) groups is 1. The van der Waals surface area contributed by atoms with Crippen LogP contribution in [0.1, 0.15) is 37.8 Å².